The molecule has 0 radical (unpaired) electrons. The van der Waals surface area contributed by atoms with Crippen LogP contribution in [0.4, 0.5) is 17.1 Å². The normalized spacial score (nSPS) is 12.9. The molecule has 2 aromatic carbocycles. The molecule has 21 heavy (non-hydrogen) atoms. The van der Waals surface area contributed by atoms with Gasteiger partial charge in [0.1, 0.15) is 0 Å². The second-order valence-corrected chi connectivity index (χ2v) is 5.29. The van der Waals surface area contributed by atoms with Crippen molar-refractivity contribution in [2.75, 3.05) is 22.5 Å². The SMILES string of the molecule is CCN(Cc1ccccc1)c1cc2c(cc1N)CC(=O)N2. The number of fused-ring (bicyclic) bond motifs is 1. The summed E-state index contributed by atoms with van der Waals surface area (Å²) >= 11 is 0. The van der Waals surface area contributed by atoms with E-state index in [2.05, 4.69) is 29.3 Å². The molecule has 3 rings (SSSR count). The minimum atomic E-state index is 0.0349. The number of anilines is 3. The van der Waals surface area contributed by atoms with Crippen LogP contribution in [-0.2, 0) is 17.8 Å². The summed E-state index contributed by atoms with van der Waals surface area (Å²) in [6.07, 6.45) is 0.421. The Labute approximate surface area is 124 Å². The van der Waals surface area contributed by atoms with Gasteiger partial charge in [-0.3, -0.25) is 4.79 Å². The summed E-state index contributed by atoms with van der Waals surface area (Å²) in [5.74, 6) is 0.0349. The number of benzene rings is 2. The molecule has 1 heterocycles. The van der Waals surface area contributed by atoms with Crippen LogP contribution in [0.2, 0.25) is 0 Å². The molecule has 4 heteroatoms. The molecule has 0 bridgehead atoms. The van der Waals surface area contributed by atoms with Gasteiger partial charge in [0.15, 0.2) is 0 Å². The van der Waals surface area contributed by atoms with E-state index in [9.17, 15) is 4.79 Å². The van der Waals surface area contributed by atoms with E-state index in [0.29, 0.717) is 6.42 Å². The minimum absolute atomic E-state index is 0.0349. The average Bonchev–Trinajstić information content (AvgIpc) is 2.84. The Kier molecular flexibility index (Phi) is 3.52. The van der Waals surface area contributed by atoms with Crippen LogP contribution in [0.5, 0.6) is 0 Å². The molecule has 0 saturated heterocycles. The number of nitrogen functional groups attached to an aromatic ring is 1. The van der Waals surface area contributed by atoms with Gasteiger partial charge in [0.25, 0.3) is 0 Å². The highest BCUT2D eigenvalue weighted by Crippen LogP contribution is 2.34. The van der Waals surface area contributed by atoms with E-state index in [1.54, 1.807) is 0 Å². The number of rotatable bonds is 4. The monoisotopic (exact) mass is 281 g/mol. The van der Waals surface area contributed by atoms with Gasteiger partial charge in [0.05, 0.1) is 17.8 Å². The lowest BCUT2D eigenvalue weighted by Crippen LogP contribution is -2.23. The maximum atomic E-state index is 11.5. The van der Waals surface area contributed by atoms with E-state index >= 15 is 0 Å². The third-order valence-electron chi connectivity index (χ3n) is 3.82. The third kappa shape index (κ3) is 2.70. The second kappa shape index (κ2) is 5.48. The number of carbonyl (C=O) groups excluding carboxylic acids is 1. The molecule has 0 aliphatic carbocycles. The predicted molar refractivity (Wildman–Crippen MR) is 86.4 cm³/mol. The summed E-state index contributed by atoms with van der Waals surface area (Å²) in [6.45, 7) is 3.76. The number of hydrogen-bond donors (Lipinski definition) is 2. The highest BCUT2D eigenvalue weighted by molar-refractivity contribution is 6.00. The summed E-state index contributed by atoms with van der Waals surface area (Å²) < 4.78 is 0. The first kappa shape index (κ1) is 13.5. The standard InChI is InChI=1S/C17H19N3O/c1-2-20(11-12-6-4-3-5-7-12)16-10-15-13(8-14(16)18)9-17(21)19-15/h3-8,10H,2,9,11,18H2,1H3,(H,19,21). The largest absolute Gasteiger partial charge is 0.397 e. The van der Waals surface area contributed by atoms with Gasteiger partial charge in [-0.2, -0.15) is 0 Å². The summed E-state index contributed by atoms with van der Waals surface area (Å²) in [4.78, 5) is 13.7. The fraction of sp³-hybridized carbons (Fsp3) is 0.235. The molecule has 0 fully saturated rings. The summed E-state index contributed by atoms with van der Waals surface area (Å²) in [6, 6.07) is 14.2. The molecular weight excluding hydrogens is 262 g/mol. The van der Waals surface area contributed by atoms with Crippen molar-refractivity contribution < 1.29 is 4.79 Å². The number of amides is 1. The predicted octanol–water partition coefficient (Wildman–Crippen LogP) is 2.79. The highest BCUT2D eigenvalue weighted by Gasteiger charge is 2.21. The maximum absolute atomic E-state index is 11.5. The van der Waals surface area contributed by atoms with Crippen molar-refractivity contribution in [3.05, 3.63) is 53.6 Å². The molecule has 2 aromatic rings. The van der Waals surface area contributed by atoms with Gasteiger partial charge in [-0.25, -0.2) is 0 Å². The smallest absolute Gasteiger partial charge is 0.228 e. The molecule has 1 aliphatic heterocycles. The van der Waals surface area contributed by atoms with Gasteiger partial charge < -0.3 is 16.0 Å². The van der Waals surface area contributed by atoms with Crippen molar-refractivity contribution in [1.82, 2.24) is 0 Å². The molecule has 0 atom stereocenters. The van der Waals surface area contributed by atoms with Crippen LogP contribution < -0.4 is 16.0 Å². The molecule has 108 valence electrons. The van der Waals surface area contributed by atoms with Gasteiger partial charge in [-0.1, -0.05) is 30.3 Å². The van der Waals surface area contributed by atoms with E-state index < -0.39 is 0 Å². The number of nitrogens with two attached hydrogens (primary N) is 1. The Morgan fingerprint density at radius 1 is 1.24 bits per heavy atom. The first-order valence-corrected chi connectivity index (χ1v) is 7.18. The van der Waals surface area contributed by atoms with E-state index in [0.717, 1.165) is 35.7 Å². The first-order chi connectivity index (χ1) is 10.2. The molecule has 0 spiro atoms. The van der Waals surface area contributed by atoms with Gasteiger partial charge in [-0.15, -0.1) is 0 Å². The van der Waals surface area contributed by atoms with Crippen molar-refractivity contribution >= 4 is 23.0 Å². The highest BCUT2D eigenvalue weighted by atomic mass is 16.1. The zero-order chi connectivity index (χ0) is 14.8. The van der Waals surface area contributed by atoms with Gasteiger partial charge in [0.2, 0.25) is 5.91 Å². The minimum Gasteiger partial charge on any atom is -0.397 e. The lowest BCUT2D eigenvalue weighted by Gasteiger charge is -2.25. The molecule has 1 amide bonds. The van der Waals surface area contributed by atoms with Gasteiger partial charge in [-0.05, 0) is 30.2 Å². The third-order valence-corrected chi connectivity index (χ3v) is 3.82. The maximum Gasteiger partial charge on any atom is 0.228 e. The van der Waals surface area contributed by atoms with E-state index in [-0.39, 0.29) is 5.91 Å². The van der Waals surface area contributed by atoms with Crippen LogP contribution in [0, 0.1) is 0 Å². The molecular formula is C17H19N3O. The number of nitrogens with zero attached hydrogens (tertiary/aromatic N) is 1. The number of nitrogens with one attached hydrogen (secondary N) is 1. The quantitative estimate of drug-likeness (QED) is 0.847. The lowest BCUT2D eigenvalue weighted by molar-refractivity contribution is -0.115. The average molecular weight is 281 g/mol. The van der Waals surface area contributed by atoms with Crippen LogP contribution in [0.1, 0.15) is 18.1 Å². The van der Waals surface area contributed by atoms with Crippen molar-refractivity contribution in [2.45, 2.75) is 19.9 Å². The Balaban J connectivity index is 1.91. The molecule has 3 N–H and O–H groups in total. The van der Waals surface area contributed by atoms with Crippen molar-refractivity contribution in [3.63, 3.8) is 0 Å². The van der Waals surface area contributed by atoms with E-state index in [1.807, 2.05) is 30.3 Å². The van der Waals surface area contributed by atoms with Gasteiger partial charge >= 0.3 is 0 Å². The van der Waals surface area contributed by atoms with Crippen molar-refractivity contribution in [2.24, 2.45) is 0 Å². The van der Waals surface area contributed by atoms with Crippen LogP contribution in [0.3, 0.4) is 0 Å². The van der Waals surface area contributed by atoms with Crippen LogP contribution in [0.15, 0.2) is 42.5 Å². The number of carbonyl (C=O) groups is 1. The lowest BCUT2D eigenvalue weighted by atomic mass is 10.1. The van der Waals surface area contributed by atoms with Gasteiger partial charge in [0, 0.05) is 18.8 Å². The fourth-order valence-corrected chi connectivity index (χ4v) is 2.73. The molecule has 0 unspecified atom stereocenters. The summed E-state index contributed by atoms with van der Waals surface area (Å²) in [5, 5.41) is 2.89. The van der Waals surface area contributed by atoms with E-state index in [4.69, 9.17) is 5.73 Å². The van der Waals surface area contributed by atoms with Crippen LogP contribution >= 0.6 is 0 Å². The van der Waals surface area contributed by atoms with Crippen LogP contribution in [-0.4, -0.2) is 12.5 Å². The van der Waals surface area contributed by atoms with Crippen molar-refractivity contribution in [3.8, 4) is 0 Å². The zero-order valence-electron chi connectivity index (χ0n) is 12.1. The molecule has 0 saturated carbocycles. The Bertz CT molecular complexity index is 667. The molecule has 0 aromatic heterocycles. The Morgan fingerprint density at radius 2 is 2.00 bits per heavy atom. The van der Waals surface area contributed by atoms with Crippen molar-refractivity contribution in [1.29, 1.82) is 0 Å². The summed E-state index contributed by atoms with van der Waals surface area (Å²) in [5.41, 5.74) is 11.0. The number of hydrogen-bond acceptors (Lipinski definition) is 3. The Hall–Kier alpha value is -2.49. The first-order valence-electron chi connectivity index (χ1n) is 7.18. The zero-order valence-corrected chi connectivity index (χ0v) is 12.1. The Morgan fingerprint density at radius 3 is 2.71 bits per heavy atom. The fourth-order valence-electron chi connectivity index (χ4n) is 2.73. The van der Waals surface area contributed by atoms with Crippen LogP contribution in [0.25, 0.3) is 0 Å². The topological polar surface area (TPSA) is 58.4 Å². The summed E-state index contributed by atoms with van der Waals surface area (Å²) in [7, 11) is 0. The molecule has 4 nitrogen and oxygen atoms in total. The second-order valence-electron chi connectivity index (χ2n) is 5.29. The van der Waals surface area contributed by atoms with E-state index in [1.165, 1.54) is 5.56 Å². The molecule has 1 aliphatic rings.